The van der Waals surface area contributed by atoms with E-state index in [-0.39, 0.29) is 31.1 Å². The summed E-state index contributed by atoms with van der Waals surface area (Å²) >= 11 is 0. The molecule has 0 aromatic rings. The molecule has 0 N–H and O–H groups in total. The first-order valence-electron chi connectivity index (χ1n) is 30.4. The quantitative estimate of drug-likeness (QED) is 0.0261. The average Bonchev–Trinajstić information content (AvgIpc) is 3.37. The second-order valence-electron chi connectivity index (χ2n) is 20.2. The summed E-state index contributed by atoms with van der Waals surface area (Å²) in [5.74, 6) is -0.868. The summed E-state index contributed by atoms with van der Waals surface area (Å²) in [5, 5.41) is 0. The van der Waals surface area contributed by atoms with Gasteiger partial charge in [-0.3, -0.25) is 14.4 Å². The lowest BCUT2D eigenvalue weighted by Crippen LogP contribution is -2.30. The first-order chi connectivity index (χ1) is 35.0. The van der Waals surface area contributed by atoms with Crippen molar-refractivity contribution in [3.05, 3.63) is 72.9 Å². The van der Waals surface area contributed by atoms with Crippen LogP contribution < -0.4 is 0 Å². The van der Waals surface area contributed by atoms with Gasteiger partial charge < -0.3 is 14.2 Å². The molecule has 0 spiro atoms. The number of rotatable bonds is 55. The molecular weight excluding hydrogens is 877 g/mol. The third-order valence-electron chi connectivity index (χ3n) is 13.2. The largest absolute Gasteiger partial charge is 0.462 e. The van der Waals surface area contributed by atoms with Crippen molar-refractivity contribution in [3.8, 4) is 0 Å². The fraction of sp³-hybridized carbons (Fsp3) is 0.769. The van der Waals surface area contributed by atoms with E-state index < -0.39 is 6.10 Å². The summed E-state index contributed by atoms with van der Waals surface area (Å²) in [5.41, 5.74) is 0. The third-order valence-corrected chi connectivity index (χ3v) is 13.2. The summed E-state index contributed by atoms with van der Waals surface area (Å²) in [6, 6.07) is 0. The predicted molar refractivity (Wildman–Crippen MR) is 307 cm³/mol. The van der Waals surface area contributed by atoms with Crippen molar-refractivity contribution in [1.82, 2.24) is 0 Å². The highest BCUT2D eigenvalue weighted by molar-refractivity contribution is 5.71. The minimum Gasteiger partial charge on any atom is -0.462 e. The SMILES string of the molecule is CC/C=C\C/C=C\C/C=C\C/C=C\C/C=C\C/C=C\CCCCCCCCCCCCC(=O)OCC(COC(=O)CCCCCCCCCC)OC(=O)CCCCCCCCCCCCCCCCCC. The monoisotopic (exact) mass is 991 g/mol. The first kappa shape index (κ1) is 67.8. The van der Waals surface area contributed by atoms with Crippen LogP contribution >= 0.6 is 0 Å². The minimum atomic E-state index is -0.772. The van der Waals surface area contributed by atoms with Gasteiger partial charge in [0, 0.05) is 19.3 Å². The van der Waals surface area contributed by atoms with Gasteiger partial charge in [0.1, 0.15) is 13.2 Å². The second kappa shape index (κ2) is 59.4. The van der Waals surface area contributed by atoms with Crippen LogP contribution in [0.4, 0.5) is 0 Å². The Labute approximate surface area is 440 Å². The molecular formula is C65H114O6. The van der Waals surface area contributed by atoms with Crippen molar-refractivity contribution in [1.29, 1.82) is 0 Å². The zero-order valence-electron chi connectivity index (χ0n) is 47.0. The molecule has 71 heavy (non-hydrogen) atoms. The van der Waals surface area contributed by atoms with E-state index in [4.69, 9.17) is 14.2 Å². The maximum absolute atomic E-state index is 12.8. The number of unbranched alkanes of at least 4 members (excludes halogenated alkanes) is 32. The van der Waals surface area contributed by atoms with Gasteiger partial charge >= 0.3 is 17.9 Å². The molecule has 0 saturated carbocycles. The third kappa shape index (κ3) is 57.6. The number of hydrogen-bond acceptors (Lipinski definition) is 6. The van der Waals surface area contributed by atoms with Gasteiger partial charge in [-0.1, -0.05) is 286 Å². The zero-order chi connectivity index (χ0) is 51.4. The lowest BCUT2D eigenvalue weighted by molar-refractivity contribution is -0.167. The smallest absolute Gasteiger partial charge is 0.306 e. The number of esters is 3. The number of hydrogen-bond donors (Lipinski definition) is 0. The van der Waals surface area contributed by atoms with Crippen molar-refractivity contribution >= 4 is 17.9 Å². The number of carbonyl (C=O) groups is 3. The lowest BCUT2D eigenvalue weighted by atomic mass is 10.0. The molecule has 1 atom stereocenters. The topological polar surface area (TPSA) is 78.9 Å². The van der Waals surface area contributed by atoms with Gasteiger partial charge in [-0.15, -0.1) is 0 Å². The molecule has 0 bridgehead atoms. The molecule has 0 rings (SSSR count). The summed E-state index contributed by atoms with van der Waals surface area (Å²) in [4.78, 5) is 38.0. The van der Waals surface area contributed by atoms with E-state index in [1.54, 1.807) is 0 Å². The molecule has 0 amide bonds. The Morgan fingerprint density at radius 3 is 0.859 bits per heavy atom. The van der Waals surface area contributed by atoms with Gasteiger partial charge in [0.25, 0.3) is 0 Å². The highest BCUT2D eigenvalue weighted by atomic mass is 16.6. The molecule has 0 aromatic carbocycles. The molecule has 0 saturated heterocycles. The van der Waals surface area contributed by atoms with Crippen LogP contribution in [-0.4, -0.2) is 37.2 Å². The van der Waals surface area contributed by atoms with Crippen LogP contribution in [0.1, 0.15) is 303 Å². The normalized spacial score (nSPS) is 12.5. The maximum atomic E-state index is 12.8. The molecule has 0 fully saturated rings. The zero-order valence-corrected chi connectivity index (χ0v) is 47.0. The van der Waals surface area contributed by atoms with Crippen LogP contribution in [0, 0.1) is 0 Å². The summed E-state index contributed by atoms with van der Waals surface area (Å²) in [6.45, 7) is 6.52. The van der Waals surface area contributed by atoms with Gasteiger partial charge in [0.15, 0.2) is 6.10 Å². The number of carbonyl (C=O) groups excluding carboxylic acids is 3. The van der Waals surface area contributed by atoms with E-state index in [2.05, 4.69) is 93.7 Å². The Hall–Kier alpha value is -3.15. The van der Waals surface area contributed by atoms with Crippen molar-refractivity contribution in [3.63, 3.8) is 0 Å². The van der Waals surface area contributed by atoms with Crippen LogP contribution in [-0.2, 0) is 28.6 Å². The van der Waals surface area contributed by atoms with Crippen LogP contribution in [0.5, 0.6) is 0 Å². The van der Waals surface area contributed by atoms with E-state index in [0.29, 0.717) is 19.3 Å². The summed E-state index contributed by atoms with van der Waals surface area (Å²) < 4.78 is 16.8. The van der Waals surface area contributed by atoms with Crippen molar-refractivity contribution in [2.24, 2.45) is 0 Å². The van der Waals surface area contributed by atoms with Crippen LogP contribution in [0.3, 0.4) is 0 Å². The van der Waals surface area contributed by atoms with Crippen LogP contribution in [0.25, 0.3) is 0 Å². The average molecular weight is 992 g/mol. The molecule has 0 aromatic heterocycles. The number of ether oxygens (including phenoxy) is 3. The maximum Gasteiger partial charge on any atom is 0.306 e. The Bertz CT molecular complexity index is 1320. The van der Waals surface area contributed by atoms with Gasteiger partial charge in [-0.2, -0.15) is 0 Å². The van der Waals surface area contributed by atoms with E-state index in [1.165, 1.54) is 167 Å². The summed E-state index contributed by atoms with van der Waals surface area (Å²) in [7, 11) is 0. The van der Waals surface area contributed by atoms with Gasteiger partial charge in [0.2, 0.25) is 0 Å². The summed E-state index contributed by atoms with van der Waals surface area (Å²) in [6.07, 6.45) is 76.3. The van der Waals surface area contributed by atoms with Crippen LogP contribution in [0.2, 0.25) is 0 Å². The van der Waals surface area contributed by atoms with E-state index in [1.807, 2.05) is 0 Å². The Balaban J connectivity index is 4.15. The van der Waals surface area contributed by atoms with Crippen LogP contribution in [0.15, 0.2) is 72.9 Å². The molecule has 1 unspecified atom stereocenters. The molecule has 0 aliphatic heterocycles. The van der Waals surface area contributed by atoms with Crippen molar-refractivity contribution in [2.75, 3.05) is 13.2 Å². The molecule has 0 heterocycles. The fourth-order valence-corrected chi connectivity index (χ4v) is 8.68. The molecule has 0 aliphatic carbocycles. The fourth-order valence-electron chi connectivity index (χ4n) is 8.68. The van der Waals surface area contributed by atoms with Gasteiger partial charge in [-0.25, -0.2) is 0 Å². The highest BCUT2D eigenvalue weighted by Crippen LogP contribution is 2.17. The lowest BCUT2D eigenvalue weighted by Gasteiger charge is -2.18. The Kier molecular flexibility index (Phi) is 56.8. The first-order valence-corrected chi connectivity index (χ1v) is 30.4. The van der Waals surface area contributed by atoms with E-state index >= 15 is 0 Å². The molecule has 6 nitrogen and oxygen atoms in total. The van der Waals surface area contributed by atoms with Crippen molar-refractivity contribution in [2.45, 2.75) is 309 Å². The molecule has 6 heteroatoms. The predicted octanol–water partition coefficient (Wildman–Crippen LogP) is 20.5. The van der Waals surface area contributed by atoms with E-state index in [0.717, 1.165) is 96.3 Å². The molecule has 0 aliphatic rings. The molecule has 0 radical (unpaired) electrons. The van der Waals surface area contributed by atoms with Gasteiger partial charge in [-0.05, 0) is 70.6 Å². The molecule has 410 valence electrons. The Morgan fingerprint density at radius 1 is 0.296 bits per heavy atom. The highest BCUT2D eigenvalue weighted by Gasteiger charge is 2.19. The standard InChI is InChI=1S/C65H114O6/c1-4-7-10-13-16-19-21-23-25-27-28-29-30-31-32-33-34-35-36-37-38-39-41-42-44-46-49-52-55-58-64(67)70-61-62(60-69-63(66)57-54-51-48-18-15-12-9-6-3)71-65(68)59-56-53-50-47-45-43-40-26-24-22-20-17-14-11-8-5-2/h7,10,16,19,23,25,28-29,31-32,34-35,62H,4-6,8-9,11-15,17-18,20-22,24,26-27,30,33,36-61H2,1-3H3/b10-7-,19-16-,25-23-,29-28-,32-31-,35-34-. The van der Waals surface area contributed by atoms with Gasteiger partial charge in [0.05, 0.1) is 0 Å². The van der Waals surface area contributed by atoms with Crippen molar-refractivity contribution < 1.29 is 28.6 Å². The number of allylic oxidation sites excluding steroid dienone is 12. The Morgan fingerprint density at radius 2 is 0.549 bits per heavy atom. The second-order valence-corrected chi connectivity index (χ2v) is 20.2. The minimum absolute atomic E-state index is 0.0721. The van der Waals surface area contributed by atoms with E-state index in [9.17, 15) is 14.4 Å².